The smallest absolute Gasteiger partial charge is 0.279 e. The quantitative estimate of drug-likeness (QED) is 0.375. The lowest BCUT2D eigenvalue weighted by atomic mass is 10.3. The molecule has 2 rings (SSSR count). The van der Waals surface area contributed by atoms with E-state index < -0.39 is 6.10 Å². The maximum atomic E-state index is 11.9. The molecule has 5 nitrogen and oxygen atoms in total. The van der Waals surface area contributed by atoms with Crippen molar-refractivity contribution in [2.24, 2.45) is 0 Å². The summed E-state index contributed by atoms with van der Waals surface area (Å²) < 4.78 is 13.0. The lowest BCUT2D eigenvalue weighted by Gasteiger charge is -2.15. The Kier molecular flexibility index (Phi) is 7.79. The van der Waals surface area contributed by atoms with Crippen molar-refractivity contribution >= 4 is 56.8 Å². The fourth-order valence-electron chi connectivity index (χ4n) is 1.75. The van der Waals surface area contributed by atoms with E-state index in [1.165, 1.54) is 11.8 Å². The number of hydrogen-bond acceptors (Lipinski definition) is 5. The Balaban J connectivity index is 1.87. The van der Waals surface area contributed by atoms with Gasteiger partial charge in [0.1, 0.15) is 17.2 Å². The molecule has 132 valence electrons. The van der Waals surface area contributed by atoms with Crippen LogP contribution >= 0.6 is 46.6 Å². The molecule has 0 aliphatic heterocycles. The molecular formula is C17H17IN2O3S2. The Morgan fingerprint density at radius 1 is 1.04 bits per heavy atom. The van der Waals surface area contributed by atoms with Crippen LogP contribution in [-0.4, -0.2) is 22.6 Å². The highest BCUT2D eigenvalue weighted by Crippen LogP contribution is 2.24. The molecule has 1 atom stereocenters. The number of hydrazine groups is 1. The summed E-state index contributed by atoms with van der Waals surface area (Å²) in [4.78, 5) is 11.9. The van der Waals surface area contributed by atoms with Gasteiger partial charge < -0.3 is 9.47 Å². The van der Waals surface area contributed by atoms with E-state index in [-0.39, 0.29) is 5.91 Å². The number of rotatable bonds is 5. The average molecular weight is 488 g/mol. The molecule has 0 aliphatic carbocycles. The van der Waals surface area contributed by atoms with Gasteiger partial charge in [-0.1, -0.05) is 24.0 Å². The number of benzene rings is 2. The fraction of sp³-hybridized carbons (Fsp3) is 0.176. The van der Waals surface area contributed by atoms with Gasteiger partial charge in [0.15, 0.2) is 10.4 Å². The van der Waals surface area contributed by atoms with Crippen LogP contribution in [0, 0.1) is 3.57 Å². The highest BCUT2D eigenvalue weighted by atomic mass is 127. The van der Waals surface area contributed by atoms with Crippen LogP contribution in [0.1, 0.15) is 6.92 Å². The third-order valence-electron chi connectivity index (χ3n) is 3.03. The predicted molar refractivity (Wildman–Crippen MR) is 113 cm³/mol. The number of amides is 1. The maximum absolute atomic E-state index is 11.9. The van der Waals surface area contributed by atoms with Crippen molar-refractivity contribution in [1.82, 2.24) is 10.9 Å². The second kappa shape index (κ2) is 9.83. The molecule has 0 aliphatic rings. The first-order chi connectivity index (χ1) is 12.0. The summed E-state index contributed by atoms with van der Waals surface area (Å²) in [6.07, 6.45) is 1.15. The van der Waals surface area contributed by atoms with Crippen molar-refractivity contribution < 1.29 is 14.3 Å². The van der Waals surface area contributed by atoms with E-state index in [4.69, 9.17) is 21.7 Å². The summed E-state index contributed by atoms with van der Waals surface area (Å²) in [5, 5.41) is 0. The first-order valence-corrected chi connectivity index (χ1v) is 10.0. The molecule has 0 saturated carbocycles. The molecule has 25 heavy (non-hydrogen) atoms. The van der Waals surface area contributed by atoms with Crippen molar-refractivity contribution in [3.05, 3.63) is 52.1 Å². The van der Waals surface area contributed by atoms with E-state index in [0.29, 0.717) is 15.8 Å². The molecule has 2 N–H and O–H groups in total. The molecule has 8 heteroatoms. The topological polar surface area (TPSA) is 59.6 Å². The average Bonchev–Trinajstić information content (AvgIpc) is 2.62. The monoisotopic (exact) mass is 488 g/mol. The first-order valence-electron chi connectivity index (χ1n) is 7.32. The Labute approximate surface area is 170 Å². The van der Waals surface area contributed by atoms with Crippen LogP contribution in [0.15, 0.2) is 48.5 Å². The second-order valence-electron chi connectivity index (χ2n) is 4.89. The standard InChI is InChI=1S/C17H17IN2O3S2/c1-11(16(21)19-20-17(24)25-2)22-13-7-9-15(10-8-13)23-14-5-3-12(18)4-6-14/h3-11H,1-2H3,(H,19,21)(H,20,24)/t11-/m1/s1. The van der Waals surface area contributed by atoms with Gasteiger partial charge in [0.05, 0.1) is 0 Å². The van der Waals surface area contributed by atoms with E-state index in [9.17, 15) is 4.79 Å². The molecule has 0 saturated heterocycles. The largest absolute Gasteiger partial charge is 0.481 e. The number of carbonyl (C=O) groups is 1. The van der Waals surface area contributed by atoms with Gasteiger partial charge >= 0.3 is 0 Å². The van der Waals surface area contributed by atoms with Gasteiger partial charge in [0.2, 0.25) is 0 Å². The van der Waals surface area contributed by atoms with Crippen LogP contribution in [0.3, 0.4) is 0 Å². The van der Waals surface area contributed by atoms with Crippen molar-refractivity contribution in [3.63, 3.8) is 0 Å². The summed E-state index contributed by atoms with van der Waals surface area (Å²) in [5.41, 5.74) is 5.13. The molecule has 0 bridgehead atoms. The Morgan fingerprint density at radius 3 is 2.12 bits per heavy atom. The number of thiocarbonyl (C=S) groups is 1. The van der Waals surface area contributed by atoms with Gasteiger partial charge in [-0.15, -0.1) is 0 Å². The number of halogens is 1. The van der Waals surface area contributed by atoms with Gasteiger partial charge in [0.25, 0.3) is 5.91 Å². The summed E-state index contributed by atoms with van der Waals surface area (Å²) in [5.74, 6) is 1.72. The minimum Gasteiger partial charge on any atom is -0.481 e. The zero-order valence-electron chi connectivity index (χ0n) is 13.6. The molecule has 0 spiro atoms. The molecule has 2 aromatic rings. The summed E-state index contributed by atoms with van der Waals surface area (Å²) >= 11 is 8.52. The van der Waals surface area contributed by atoms with Crippen LogP contribution < -0.4 is 20.3 Å². The van der Waals surface area contributed by atoms with E-state index in [0.717, 1.165) is 9.32 Å². The Morgan fingerprint density at radius 2 is 1.56 bits per heavy atom. The zero-order chi connectivity index (χ0) is 18.2. The molecule has 2 aromatic carbocycles. The third-order valence-corrected chi connectivity index (χ3v) is 4.82. The summed E-state index contributed by atoms with van der Waals surface area (Å²) in [6, 6.07) is 14.9. The van der Waals surface area contributed by atoms with Gasteiger partial charge in [-0.25, -0.2) is 0 Å². The van der Waals surface area contributed by atoms with Crippen molar-refractivity contribution in [2.45, 2.75) is 13.0 Å². The molecule has 0 aromatic heterocycles. The highest BCUT2D eigenvalue weighted by Gasteiger charge is 2.14. The molecular weight excluding hydrogens is 471 g/mol. The normalized spacial score (nSPS) is 11.3. The van der Waals surface area contributed by atoms with Crippen molar-refractivity contribution in [3.8, 4) is 17.2 Å². The van der Waals surface area contributed by atoms with E-state index in [1.807, 2.05) is 30.5 Å². The predicted octanol–water partition coefficient (Wildman–Crippen LogP) is 4.12. The first kappa shape index (κ1) is 19.8. The van der Waals surface area contributed by atoms with Crippen LogP contribution in [0.25, 0.3) is 0 Å². The minimum absolute atomic E-state index is 0.310. The van der Waals surface area contributed by atoms with Crippen LogP contribution in [0.2, 0.25) is 0 Å². The van der Waals surface area contributed by atoms with Gasteiger partial charge in [-0.3, -0.25) is 15.6 Å². The van der Waals surface area contributed by atoms with E-state index in [1.54, 1.807) is 31.2 Å². The number of ether oxygens (including phenoxy) is 2. The Hall–Kier alpha value is -1.52. The second-order valence-corrected chi connectivity index (χ2v) is 7.62. The third kappa shape index (κ3) is 6.71. The lowest BCUT2D eigenvalue weighted by molar-refractivity contribution is -0.127. The zero-order valence-corrected chi connectivity index (χ0v) is 17.4. The van der Waals surface area contributed by atoms with Gasteiger partial charge in [0, 0.05) is 3.57 Å². The molecule has 0 unspecified atom stereocenters. The molecule has 1 amide bonds. The van der Waals surface area contributed by atoms with Crippen LogP contribution in [-0.2, 0) is 4.79 Å². The minimum atomic E-state index is -0.667. The lowest BCUT2D eigenvalue weighted by Crippen LogP contribution is -2.45. The van der Waals surface area contributed by atoms with E-state index >= 15 is 0 Å². The van der Waals surface area contributed by atoms with Gasteiger partial charge in [-0.2, -0.15) is 0 Å². The maximum Gasteiger partial charge on any atom is 0.279 e. The molecule has 0 heterocycles. The Bertz CT molecular complexity index is 724. The molecule has 0 radical (unpaired) electrons. The number of nitrogens with one attached hydrogen (secondary N) is 2. The summed E-state index contributed by atoms with van der Waals surface area (Å²) in [6.45, 7) is 1.66. The van der Waals surface area contributed by atoms with Gasteiger partial charge in [-0.05, 0) is 84.3 Å². The van der Waals surface area contributed by atoms with Crippen molar-refractivity contribution in [2.75, 3.05) is 6.26 Å². The molecule has 0 fully saturated rings. The fourth-order valence-corrected chi connectivity index (χ4v) is 2.31. The highest BCUT2D eigenvalue weighted by molar-refractivity contribution is 14.1. The number of thioether (sulfide) groups is 1. The van der Waals surface area contributed by atoms with Crippen molar-refractivity contribution in [1.29, 1.82) is 0 Å². The number of hydrogen-bond donors (Lipinski definition) is 2. The van der Waals surface area contributed by atoms with Crippen LogP contribution in [0.4, 0.5) is 0 Å². The van der Waals surface area contributed by atoms with E-state index in [2.05, 4.69) is 33.4 Å². The summed E-state index contributed by atoms with van der Waals surface area (Å²) in [7, 11) is 0. The van der Waals surface area contributed by atoms with Crippen LogP contribution in [0.5, 0.6) is 17.2 Å². The number of carbonyl (C=O) groups excluding carboxylic acids is 1. The SMILES string of the molecule is CSC(=S)NNC(=O)[C@@H](C)Oc1ccc(Oc2ccc(I)cc2)cc1.